The molecule has 0 aliphatic heterocycles. The van der Waals surface area contributed by atoms with Crippen LogP contribution in [0.2, 0.25) is 0 Å². The van der Waals surface area contributed by atoms with Crippen molar-refractivity contribution in [2.45, 2.75) is 39.2 Å². The van der Waals surface area contributed by atoms with E-state index in [9.17, 15) is 14.7 Å². The lowest BCUT2D eigenvalue weighted by atomic mass is 10.2. The Hall–Kier alpha value is -3.69. The molecule has 1 aromatic carbocycles. The van der Waals surface area contributed by atoms with Gasteiger partial charge in [0.2, 0.25) is 5.88 Å². The lowest BCUT2D eigenvalue weighted by molar-refractivity contribution is 0.459. The summed E-state index contributed by atoms with van der Waals surface area (Å²) in [5.74, 6) is 0.105. The number of azo groups is 1. The molecule has 0 atom stereocenters. The molecule has 3 aromatic heterocycles. The van der Waals surface area contributed by atoms with Crippen molar-refractivity contribution in [3.63, 3.8) is 0 Å². The van der Waals surface area contributed by atoms with Crippen LogP contribution in [0.1, 0.15) is 32.6 Å². The van der Waals surface area contributed by atoms with E-state index in [1.165, 1.54) is 4.57 Å². The van der Waals surface area contributed by atoms with Crippen molar-refractivity contribution in [3.05, 3.63) is 45.1 Å². The summed E-state index contributed by atoms with van der Waals surface area (Å²) >= 11 is 0. The Morgan fingerprint density at radius 2 is 1.90 bits per heavy atom. The lowest BCUT2D eigenvalue weighted by Gasteiger charge is -2.05. The van der Waals surface area contributed by atoms with Crippen molar-refractivity contribution in [3.8, 4) is 5.88 Å². The maximum Gasteiger partial charge on any atom is 0.329 e. The number of unbranched alkanes of at least 4 members (excludes halogenated alkanes) is 3. The molecule has 10 nitrogen and oxygen atoms in total. The van der Waals surface area contributed by atoms with E-state index in [0.717, 1.165) is 36.6 Å². The highest BCUT2D eigenvalue weighted by Gasteiger charge is 2.18. The van der Waals surface area contributed by atoms with Crippen molar-refractivity contribution in [2.75, 3.05) is 0 Å². The molecule has 0 radical (unpaired) electrons. The van der Waals surface area contributed by atoms with Gasteiger partial charge >= 0.3 is 5.69 Å². The fourth-order valence-electron chi connectivity index (χ4n) is 3.52. The second-order valence-electron chi connectivity index (χ2n) is 7.18. The first-order valence-corrected chi connectivity index (χ1v) is 9.92. The number of rotatable bonds is 7. The van der Waals surface area contributed by atoms with Gasteiger partial charge < -0.3 is 14.7 Å². The Kier molecular flexibility index (Phi) is 5.21. The van der Waals surface area contributed by atoms with Gasteiger partial charge in [0.1, 0.15) is 0 Å². The summed E-state index contributed by atoms with van der Waals surface area (Å²) in [5.41, 5.74) is 0.504. The monoisotopic (exact) mass is 409 g/mol. The fraction of sp³-hybridized carbons (Fsp3) is 0.350. The summed E-state index contributed by atoms with van der Waals surface area (Å²) in [5, 5.41) is 19.4. The quantitative estimate of drug-likeness (QED) is 0.317. The number of aryl methyl sites for hydroxylation is 2. The second-order valence-corrected chi connectivity index (χ2v) is 7.18. The molecular weight excluding hydrogens is 386 g/mol. The highest BCUT2D eigenvalue weighted by atomic mass is 16.3. The van der Waals surface area contributed by atoms with Crippen LogP contribution in [0, 0.1) is 0 Å². The topological polar surface area (TPSA) is 133 Å². The number of nitrogens with zero attached hydrogens (tertiary/aromatic N) is 5. The van der Waals surface area contributed by atoms with Gasteiger partial charge in [0, 0.05) is 19.0 Å². The third-order valence-electron chi connectivity index (χ3n) is 5.12. The predicted octanol–water partition coefficient (Wildman–Crippen LogP) is 3.61. The molecule has 0 saturated carbocycles. The summed E-state index contributed by atoms with van der Waals surface area (Å²) in [6, 6.07) is 7.34. The molecule has 0 unspecified atom stereocenters. The molecule has 0 spiro atoms. The van der Waals surface area contributed by atoms with E-state index in [4.69, 9.17) is 0 Å². The molecular formula is C20H23N7O3. The number of aromatic hydroxyl groups is 1. The number of benzene rings is 1. The van der Waals surface area contributed by atoms with Gasteiger partial charge in [-0.15, -0.1) is 10.2 Å². The molecule has 0 bridgehead atoms. The van der Waals surface area contributed by atoms with E-state index < -0.39 is 11.2 Å². The average Bonchev–Trinajstić information content (AvgIpc) is 3.25. The number of hydrogen-bond donors (Lipinski definition) is 3. The zero-order valence-corrected chi connectivity index (χ0v) is 16.8. The number of aromatic nitrogens is 5. The Morgan fingerprint density at radius 3 is 2.70 bits per heavy atom. The molecule has 0 fully saturated rings. The molecule has 3 heterocycles. The van der Waals surface area contributed by atoms with Gasteiger partial charge in [-0.3, -0.25) is 14.3 Å². The molecule has 156 valence electrons. The molecule has 0 aliphatic carbocycles. The molecule has 10 heteroatoms. The summed E-state index contributed by atoms with van der Waals surface area (Å²) in [4.78, 5) is 34.0. The van der Waals surface area contributed by atoms with Crippen LogP contribution in [-0.2, 0) is 13.6 Å². The first kappa shape index (κ1) is 19.6. The van der Waals surface area contributed by atoms with Gasteiger partial charge in [-0.2, -0.15) is 4.98 Å². The average molecular weight is 409 g/mol. The molecule has 0 saturated heterocycles. The zero-order chi connectivity index (χ0) is 21.3. The van der Waals surface area contributed by atoms with Gasteiger partial charge in [-0.05, 0) is 12.5 Å². The Balaban J connectivity index is 1.82. The summed E-state index contributed by atoms with van der Waals surface area (Å²) < 4.78 is 2.96. The van der Waals surface area contributed by atoms with Crippen LogP contribution in [0.25, 0.3) is 22.1 Å². The number of nitrogens with one attached hydrogen (secondary N) is 2. The SMILES string of the molecule is CCCCCCn1c(N=Nc2c(O)[nH]c3ccccc23)nc2c1c(=O)[nH]c(=O)n2C. The number of aromatic amines is 2. The number of hydrogen-bond acceptors (Lipinski definition) is 6. The lowest BCUT2D eigenvalue weighted by Crippen LogP contribution is -2.29. The van der Waals surface area contributed by atoms with Crippen LogP contribution >= 0.6 is 0 Å². The zero-order valence-electron chi connectivity index (χ0n) is 16.8. The normalized spacial score (nSPS) is 11.9. The van der Waals surface area contributed by atoms with Crippen LogP contribution in [0.5, 0.6) is 5.88 Å². The number of H-pyrrole nitrogens is 2. The minimum Gasteiger partial charge on any atom is -0.493 e. The van der Waals surface area contributed by atoms with Crippen molar-refractivity contribution in [1.29, 1.82) is 0 Å². The van der Waals surface area contributed by atoms with Crippen LogP contribution in [0.4, 0.5) is 11.6 Å². The van der Waals surface area contributed by atoms with Crippen molar-refractivity contribution >= 4 is 33.7 Å². The Morgan fingerprint density at radius 1 is 1.10 bits per heavy atom. The predicted molar refractivity (Wildman–Crippen MR) is 114 cm³/mol. The molecule has 30 heavy (non-hydrogen) atoms. The van der Waals surface area contributed by atoms with Crippen molar-refractivity contribution in [2.24, 2.45) is 17.3 Å². The first-order chi connectivity index (χ1) is 14.5. The first-order valence-electron chi connectivity index (χ1n) is 9.92. The van der Waals surface area contributed by atoms with Crippen LogP contribution in [0.3, 0.4) is 0 Å². The summed E-state index contributed by atoms with van der Waals surface area (Å²) in [6.07, 6.45) is 4.01. The third kappa shape index (κ3) is 3.40. The van der Waals surface area contributed by atoms with Crippen LogP contribution < -0.4 is 11.2 Å². The minimum absolute atomic E-state index is 0.101. The van der Waals surface area contributed by atoms with Gasteiger partial charge in [-0.25, -0.2) is 4.79 Å². The van der Waals surface area contributed by atoms with E-state index >= 15 is 0 Å². The number of fused-ring (bicyclic) bond motifs is 2. The van der Waals surface area contributed by atoms with E-state index in [1.807, 2.05) is 24.3 Å². The van der Waals surface area contributed by atoms with Crippen LogP contribution in [0.15, 0.2) is 44.1 Å². The minimum atomic E-state index is -0.541. The van der Waals surface area contributed by atoms with E-state index in [-0.39, 0.29) is 28.7 Å². The van der Waals surface area contributed by atoms with Gasteiger partial charge in [0.25, 0.3) is 11.5 Å². The largest absolute Gasteiger partial charge is 0.493 e. The standard InChI is InChI=1S/C20H23N7O3/c1-3-4-5-8-11-27-15-16(26(2)20(30)23-18(15)29)22-19(27)25-24-14-12-9-6-7-10-13(12)21-17(14)28/h6-7,9-10,21,28H,3-5,8,11H2,1-2H3,(H,23,29,30). The van der Waals surface area contributed by atoms with E-state index in [1.54, 1.807) is 11.6 Å². The van der Waals surface area contributed by atoms with Crippen molar-refractivity contribution < 1.29 is 5.11 Å². The van der Waals surface area contributed by atoms with Crippen LogP contribution in [-0.4, -0.2) is 29.2 Å². The molecule has 4 aromatic rings. The summed E-state index contributed by atoms with van der Waals surface area (Å²) in [7, 11) is 1.54. The van der Waals surface area contributed by atoms with Gasteiger partial charge in [0.05, 0.1) is 5.52 Å². The smallest absolute Gasteiger partial charge is 0.329 e. The van der Waals surface area contributed by atoms with E-state index in [0.29, 0.717) is 6.54 Å². The van der Waals surface area contributed by atoms with Crippen molar-refractivity contribution in [1.82, 2.24) is 24.1 Å². The maximum atomic E-state index is 12.5. The van der Waals surface area contributed by atoms with E-state index in [2.05, 4.69) is 32.1 Å². The fourth-order valence-corrected chi connectivity index (χ4v) is 3.52. The Bertz CT molecular complexity index is 1360. The molecule has 0 aliphatic rings. The molecule has 4 rings (SSSR count). The highest BCUT2D eigenvalue weighted by molar-refractivity contribution is 5.94. The highest BCUT2D eigenvalue weighted by Crippen LogP contribution is 2.36. The number of imidazole rings is 1. The Labute approximate surface area is 170 Å². The third-order valence-corrected chi connectivity index (χ3v) is 5.12. The molecule has 0 amide bonds. The van der Waals surface area contributed by atoms with Gasteiger partial charge in [-0.1, -0.05) is 44.4 Å². The molecule has 3 N–H and O–H groups in total. The van der Waals surface area contributed by atoms with Gasteiger partial charge in [0.15, 0.2) is 16.9 Å². The maximum absolute atomic E-state index is 12.5. The second kappa shape index (κ2) is 7.97. The summed E-state index contributed by atoms with van der Waals surface area (Å²) in [6.45, 7) is 2.65. The number of para-hydroxylation sites is 1.